The number of methoxy groups -OCH3 is 1. The van der Waals surface area contributed by atoms with Crippen molar-refractivity contribution in [2.45, 2.75) is 25.2 Å². The standard InChI is InChI=1S/C15H21NO2/c1-3-9-15(12-7-5-4-6-8-12)11-16-10-13(15)14(17)18-2/h4-8,13,16H,3,9-11H2,1-2H3. The molecule has 1 heterocycles. The van der Waals surface area contributed by atoms with E-state index in [4.69, 9.17) is 4.74 Å². The van der Waals surface area contributed by atoms with Crippen LogP contribution in [0.25, 0.3) is 0 Å². The normalized spacial score (nSPS) is 27.1. The van der Waals surface area contributed by atoms with Gasteiger partial charge in [0.15, 0.2) is 0 Å². The van der Waals surface area contributed by atoms with Crippen molar-refractivity contribution in [1.82, 2.24) is 5.32 Å². The van der Waals surface area contributed by atoms with Crippen molar-refractivity contribution in [3.05, 3.63) is 35.9 Å². The number of esters is 1. The molecule has 0 aliphatic carbocycles. The monoisotopic (exact) mass is 247 g/mol. The summed E-state index contributed by atoms with van der Waals surface area (Å²) in [6.45, 7) is 3.73. The van der Waals surface area contributed by atoms with Crippen molar-refractivity contribution in [2.75, 3.05) is 20.2 Å². The Hall–Kier alpha value is -1.35. The molecule has 0 radical (unpaired) electrons. The van der Waals surface area contributed by atoms with Gasteiger partial charge in [-0.2, -0.15) is 0 Å². The number of hydrogen-bond acceptors (Lipinski definition) is 3. The number of hydrogen-bond donors (Lipinski definition) is 1. The molecular weight excluding hydrogens is 226 g/mol. The van der Waals surface area contributed by atoms with E-state index >= 15 is 0 Å². The second-order valence-electron chi connectivity index (χ2n) is 4.98. The molecule has 1 aromatic rings. The van der Waals surface area contributed by atoms with Gasteiger partial charge in [0.1, 0.15) is 0 Å². The Bertz CT molecular complexity index is 404. The lowest BCUT2D eigenvalue weighted by Gasteiger charge is -2.33. The van der Waals surface area contributed by atoms with Crippen LogP contribution in [0.15, 0.2) is 30.3 Å². The Labute approximate surface area is 109 Å². The third-order valence-electron chi connectivity index (χ3n) is 3.99. The molecule has 2 atom stereocenters. The average molecular weight is 247 g/mol. The zero-order valence-electron chi connectivity index (χ0n) is 11.1. The molecule has 3 heteroatoms. The van der Waals surface area contributed by atoms with Gasteiger partial charge in [0.05, 0.1) is 13.0 Å². The van der Waals surface area contributed by atoms with Crippen molar-refractivity contribution < 1.29 is 9.53 Å². The summed E-state index contributed by atoms with van der Waals surface area (Å²) in [7, 11) is 1.47. The summed E-state index contributed by atoms with van der Waals surface area (Å²) in [4.78, 5) is 12.0. The Kier molecular flexibility index (Phi) is 4.02. The van der Waals surface area contributed by atoms with E-state index < -0.39 is 0 Å². The van der Waals surface area contributed by atoms with Crippen LogP contribution in [0.2, 0.25) is 0 Å². The summed E-state index contributed by atoms with van der Waals surface area (Å²) in [6, 6.07) is 10.3. The van der Waals surface area contributed by atoms with Crippen LogP contribution < -0.4 is 5.32 Å². The maximum absolute atomic E-state index is 12.0. The van der Waals surface area contributed by atoms with E-state index in [0.717, 1.165) is 19.4 Å². The van der Waals surface area contributed by atoms with E-state index in [2.05, 4.69) is 24.4 Å². The van der Waals surface area contributed by atoms with E-state index in [9.17, 15) is 4.79 Å². The zero-order valence-corrected chi connectivity index (χ0v) is 11.1. The van der Waals surface area contributed by atoms with Crippen molar-refractivity contribution in [1.29, 1.82) is 0 Å². The molecule has 0 saturated carbocycles. The summed E-state index contributed by atoms with van der Waals surface area (Å²) in [5, 5.41) is 3.36. The molecule has 1 aliphatic heterocycles. The number of ether oxygens (including phenoxy) is 1. The van der Waals surface area contributed by atoms with Gasteiger partial charge in [-0.3, -0.25) is 4.79 Å². The fraction of sp³-hybridized carbons (Fsp3) is 0.533. The van der Waals surface area contributed by atoms with Gasteiger partial charge in [-0.15, -0.1) is 0 Å². The lowest BCUT2D eigenvalue weighted by molar-refractivity contribution is -0.146. The molecule has 2 unspecified atom stereocenters. The molecule has 2 rings (SSSR count). The van der Waals surface area contributed by atoms with Gasteiger partial charge in [0.25, 0.3) is 0 Å². The Balaban J connectivity index is 2.40. The van der Waals surface area contributed by atoms with Gasteiger partial charge in [-0.1, -0.05) is 43.7 Å². The highest BCUT2D eigenvalue weighted by molar-refractivity contribution is 5.75. The van der Waals surface area contributed by atoms with Crippen molar-refractivity contribution in [3.63, 3.8) is 0 Å². The van der Waals surface area contributed by atoms with Crippen LogP contribution in [-0.2, 0) is 14.9 Å². The SMILES string of the molecule is CCCC1(c2ccccc2)CNCC1C(=O)OC. The maximum atomic E-state index is 12.0. The molecule has 0 bridgehead atoms. The van der Waals surface area contributed by atoms with Gasteiger partial charge in [-0.05, 0) is 12.0 Å². The van der Waals surface area contributed by atoms with Crippen molar-refractivity contribution >= 4 is 5.97 Å². The van der Waals surface area contributed by atoms with Crippen LogP contribution in [0, 0.1) is 5.92 Å². The molecule has 1 fully saturated rings. The van der Waals surface area contributed by atoms with Crippen LogP contribution in [0.3, 0.4) is 0 Å². The minimum absolute atomic E-state index is 0.0788. The second-order valence-corrected chi connectivity index (χ2v) is 4.98. The lowest BCUT2D eigenvalue weighted by Crippen LogP contribution is -2.39. The maximum Gasteiger partial charge on any atom is 0.310 e. The molecule has 0 spiro atoms. The predicted molar refractivity (Wildman–Crippen MR) is 71.4 cm³/mol. The van der Waals surface area contributed by atoms with Gasteiger partial charge >= 0.3 is 5.97 Å². The number of carbonyl (C=O) groups is 1. The fourth-order valence-electron chi connectivity index (χ4n) is 3.14. The summed E-state index contributed by atoms with van der Waals surface area (Å²) in [6.07, 6.45) is 2.06. The molecule has 3 nitrogen and oxygen atoms in total. The van der Waals surface area contributed by atoms with Gasteiger partial charge in [-0.25, -0.2) is 0 Å². The van der Waals surface area contributed by atoms with Crippen LogP contribution in [-0.4, -0.2) is 26.2 Å². The molecule has 1 aromatic carbocycles. The minimum atomic E-state index is -0.108. The first kappa shape index (κ1) is 13.1. The fourth-order valence-corrected chi connectivity index (χ4v) is 3.14. The number of nitrogens with one attached hydrogen (secondary N) is 1. The van der Waals surface area contributed by atoms with E-state index in [-0.39, 0.29) is 17.3 Å². The largest absolute Gasteiger partial charge is 0.469 e. The summed E-state index contributed by atoms with van der Waals surface area (Å²) < 4.78 is 4.98. The van der Waals surface area contributed by atoms with E-state index in [1.54, 1.807) is 0 Å². The first-order chi connectivity index (χ1) is 8.74. The molecule has 1 N–H and O–H groups in total. The number of carbonyl (C=O) groups excluding carboxylic acids is 1. The Morgan fingerprint density at radius 1 is 1.44 bits per heavy atom. The highest BCUT2D eigenvalue weighted by Gasteiger charge is 2.47. The number of rotatable bonds is 4. The molecule has 1 aliphatic rings. The quantitative estimate of drug-likeness (QED) is 0.828. The average Bonchev–Trinajstić information content (AvgIpc) is 2.84. The first-order valence-corrected chi connectivity index (χ1v) is 6.58. The van der Waals surface area contributed by atoms with E-state index in [1.807, 2.05) is 18.2 Å². The number of benzene rings is 1. The zero-order chi connectivity index (χ0) is 13.0. The van der Waals surface area contributed by atoms with Gasteiger partial charge in [0, 0.05) is 18.5 Å². The summed E-state index contributed by atoms with van der Waals surface area (Å²) in [5.74, 6) is -0.179. The van der Waals surface area contributed by atoms with Crippen LogP contribution in [0.5, 0.6) is 0 Å². The predicted octanol–water partition coefficient (Wildman–Crippen LogP) is 2.12. The van der Waals surface area contributed by atoms with Crippen LogP contribution in [0.4, 0.5) is 0 Å². The van der Waals surface area contributed by atoms with E-state index in [1.165, 1.54) is 12.7 Å². The summed E-state index contributed by atoms with van der Waals surface area (Å²) >= 11 is 0. The lowest BCUT2D eigenvalue weighted by atomic mass is 9.69. The Morgan fingerprint density at radius 2 is 2.17 bits per heavy atom. The van der Waals surface area contributed by atoms with Gasteiger partial charge in [0.2, 0.25) is 0 Å². The smallest absolute Gasteiger partial charge is 0.310 e. The second kappa shape index (κ2) is 5.53. The third-order valence-corrected chi connectivity index (χ3v) is 3.99. The van der Waals surface area contributed by atoms with Crippen LogP contribution in [0.1, 0.15) is 25.3 Å². The topological polar surface area (TPSA) is 38.3 Å². The highest BCUT2D eigenvalue weighted by Crippen LogP contribution is 2.40. The molecule has 18 heavy (non-hydrogen) atoms. The van der Waals surface area contributed by atoms with Crippen LogP contribution >= 0.6 is 0 Å². The Morgan fingerprint density at radius 3 is 2.78 bits per heavy atom. The van der Waals surface area contributed by atoms with Gasteiger partial charge < -0.3 is 10.1 Å². The summed E-state index contributed by atoms with van der Waals surface area (Å²) in [5.41, 5.74) is 1.13. The third kappa shape index (κ3) is 2.15. The molecule has 98 valence electrons. The first-order valence-electron chi connectivity index (χ1n) is 6.58. The highest BCUT2D eigenvalue weighted by atomic mass is 16.5. The molecular formula is C15H21NO2. The molecule has 0 amide bonds. The molecule has 1 saturated heterocycles. The van der Waals surface area contributed by atoms with Crippen molar-refractivity contribution in [2.24, 2.45) is 5.92 Å². The van der Waals surface area contributed by atoms with Crippen molar-refractivity contribution in [3.8, 4) is 0 Å². The van der Waals surface area contributed by atoms with E-state index in [0.29, 0.717) is 6.54 Å². The molecule has 0 aromatic heterocycles. The minimum Gasteiger partial charge on any atom is -0.469 e.